The molecule has 2 atom stereocenters. The third-order valence-corrected chi connectivity index (χ3v) is 1.43. The van der Waals surface area contributed by atoms with Crippen LogP contribution in [0.2, 0.25) is 0 Å². The van der Waals surface area contributed by atoms with Crippen LogP contribution in [0.5, 0.6) is 0 Å². The third kappa shape index (κ3) is 4.54. The van der Waals surface area contributed by atoms with E-state index in [2.05, 4.69) is 10.0 Å². The fourth-order valence-corrected chi connectivity index (χ4v) is 0.785. The lowest BCUT2D eigenvalue weighted by atomic mass is 10.0. The van der Waals surface area contributed by atoms with Gasteiger partial charge in [-0.1, -0.05) is 12.0 Å². The van der Waals surface area contributed by atoms with Gasteiger partial charge in [0.15, 0.2) is 0 Å². The molecule has 0 aromatic carbocycles. The number of azide groups is 1. The van der Waals surface area contributed by atoms with Gasteiger partial charge >= 0.3 is 5.97 Å². The molecule has 0 heterocycles. The van der Waals surface area contributed by atoms with E-state index in [-0.39, 0.29) is 12.5 Å². The molecule has 6 heteroatoms. The highest BCUT2D eigenvalue weighted by Crippen LogP contribution is 2.05. The molecule has 68 valence electrons. The second kappa shape index (κ2) is 5.40. The first kappa shape index (κ1) is 10.7. The Labute approximate surface area is 70.0 Å². The van der Waals surface area contributed by atoms with Gasteiger partial charge in [-0.05, 0) is 17.9 Å². The smallest absolute Gasteiger partial charge is 0.320 e. The number of hydrogen-bond acceptors (Lipinski definition) is 3. The molecule has 0 fully saturated rings. The average Bonchev–Trinajstić information content (AvgIpc) is 2.00. The minimum Gasteiger partial charge on any atom is -0.480 e. The summed E-state index contributed by atoms with van der Waals surface area (Å²) in [6, 6.07) is -0.867. The monoisotopic (exact) mass is 172 g/mol. The molecule has 0 spiro atoms. The molecule has 0 aliphatic carbocycles. The molecule has 0 saturated heterocycles. The number of rotatable bonds is 5. The Morgan fingerprint density at radius 1 is 1.83 bits per heavy atom. The van der Waals surface area contributed by atoms with Crippen molar-refractivity contribution in [1.29, 1.82) is 0 Å². The second-order valence-corrected chi connectivity index (χ2v) is 2.70. The molecule has 0 aliphatic rings. The van der Waals surface area contributed by atoms with Gasteiger partial charge in [0.25, 0.3) is 0 Å². The fraction of sp³-hybridized carbons (Fsp3) is 0.833. The van der Waals surface area contributed by atoms with Gasteiger partial charge in [0.2, 0.25) is 0 Å². The Balaban J connectivity index is 3.75. The molecule has 6 nitrogen and oxygen atoms in total. The van der Waals surface area contributed by atoms with Crippen LogP contribution >= 0.6 is 0 Å². The minimum absolute atomic E-state index is 0.00648. The molecule has 0 aromatic rings. The zero-order valence-corrected chi connectivity index (χ0v) is 6.84. The van der Waals surface area contributed by atoms with Crippen LogP contribution in [-0.4, -0.2) is 23.7 Å². The van der Waals surface area contributed by atoms with E-state index in [1.807, 2.05) is 0 Å². The summed E-state index contributed by atoms with van der Waals surface area (Å²) in [5, 5.41) is 11.7. The van der Waals surface area contributed by atoms with E-state index in [4.69, 9.17) is 16.4 Å². The molecule has 12 heavy (non-hydrogen) atoms. The number of aliphatic carboxylic acids is 1. The molecule has 0 radical (unpaired) electrons. The summed E-state index contributed by atoms with van der Waals surface area (Å²) in [6.07, 6.45) is 0.328. The van der Waals surface area contributed by atoms with Crippen LogP contribution in [0, 0.1) is 5.92 Å². The number of nitrogens with zero attached hydrogens (tertiary/aromatic N) is 3. The molecule has 0 rings (SSSR count). The lowest BCUT2D eigenvalue weighted by molar-refractivity contribution is -0.138. The summed E-state index contributed by atoms with van der Waals surface area (Å²) in [7, 11) is 0. The third-order valence-electron chi connectivity index (χ3n) is 1.43. The Morgan fingerprint density at radius 2 is 2.42 bits per heavy atom. The van der Waals surface area contributed by atoms with Gasteiger partial charge in [-0.2, -0.15) is 0 Å². The fourth-order valence-electron chi connectivity index (χ4n) is 0.785. The average molecular weight is 172 g/mol. The number of carbonyl (C=O) groups is 1. The molecule has 0 amide bonds. The van der Waals surface area contributed by atoms with Gasteiger partial charge in [0.1, 0.15) is 6.04 Å². The van der Waals surface area contributed by atoms with Crippen molar-refractivity contribution < 1.29 is 9.90 Å². The van der Waals surface area contributed by atoms with Gasteiger partial charge in [0, 0.05) is 11.5 Å². The van der Waals surface area contributed by atoms with Gasteiger partial charge < -0.3 is 10.8 Å². The highest BCUT2D eigenvalue weighted by molar-refractivity contribution is 5.72. The van der Waals surface area contributed by atoms with E-state index < -0.39 is 12.0 Å². The van der Waals surface area contributed by atoms with Crippen molar-refractivity contribution >= 4 is 5.97 Å². The van der Waals surface area contributed by atoms with Gasteiger partial charge in [-0.25, -0.2) is 0 Å². The summed E-state index contributed by atoms with van der Waals surface area (Å²) in [4.78, 5) is 12.8. The largest absolute Gasteiger partial charge is 0.480 e. The second-order valence-electron chi connectivity index (χ2n) is 2.70. The SMILES string of the molecule is CC(CN=[N+]=[N-])CC(N)C(=O)O. The van der Waals surface area contributed by atoms with Crippen molar-refractivity contribution in [3.8, 4) is 0 Å². The van der Waals surface area contributed by atoms with Gasteiger partial charge in [-0.15, -0.1) is 0 Å². The zero-order chi connectivity index (χ0) is 9.56. The predicted octanol–water partition coefficient (Wildman–Crippen LogP) is 0.735. The van der Waals surface area contributed by atoms with Gasteiger partial charge in [0.05, 0.1) is 0 Å². The van der Waals surface area contributed by atoms with Crippen LogP contribution in [0.4, 0.5) is 0 Å². The van der Waals surface area contributed by atoms with Crippen LogP contribution in [-0.2, 0) is 4.79 Å². The lowest BCUT2D eigenvalue weighted by Gasteiger charge is -2.10. The molecular formula is C6H12N4O2. The van der Waals surface area contributed by atoms with Crippen LogP contribution in [0.1, 0.15) is 13.3 Å². The number of carboxylic acid groups (broad SMARTS) is 1. The standard InChI is InChI=1S/C6H12N4O2/c1-4(3-9-10-8)2-5(7)6(11)12/h4-5H,2-3,7H2,1H3,(H,11,12). The maximum atomic E-state index is 10.3. The van der Waals surface area contributed by atoms with Crippen LogP contribution in [0.3, 0.4) is 0 Å². The zero-order valence-electron chi connectivity index (χ0n) is 6.84. The van der Waals surface area contributed by atoms with Crippen molar-refractivity contribution in [3.63, 3.8) is 0 Å². The van der Waals surface area contributed by atoms with Crippen molar-refractivity contribution in [3.05, 3.63) is 10.4 Å². The first-order chi connectivity index (χ1) is 5.57. The highest BCUT2D eigenvalue weighted by atomic mass is 16.4. The molecule has 2 unspecified atom stereocenters. The number of hydrogen-bond donors (Lipinski definition) is 2. The molecule has 0 bridgehead atoms. The first-order valence-electron chi connectivity index (χ1n) is 3.57. The van der Waals surface area contributed by atoms with Crippen molar-refractivity contribution in [1.82, 2.24) is 0 Å². The number of nitrogens with two attached hydrogens (primary N) is 1. The lowest BCUT2D eigenvalue weighted by Crippen LogP contribution is -2.32. The molecular weight excluding hydrogens is 160 g/mol. The van der Waals surface area contributed by atoms with E-state index in [9.17, 15) is 4.79 Å². The van der Waals surface area contributed by atoms with E-state index in [0.29, 0.717) is 6.42 Å². The summed E-state index contributed by atoms with van der Waals surface area (Å²) >= 11 is 0. The highest BCUT2D eigenvalue weighted by Gasteiger charge is 2.14. The van der Waals surface area contributed by atoms with E-state index in [0.717, 1.165) is 0 Å². The summed E-state index contributed by atoms with van der Waals surface area (Å²) < 4.78 is 0. The van der Waals surface area contributed by atoms with Crippen molar-refractivity contribution in [2.24, 2.45) is 16.8 Å². The molecule has 0 saturated carbocycles. The molecule has 0 aliphatic heterocycles. The Morgan fingerprint density at radius 3 is 2.83 bits per heavy atom. The Bertz CT molecular complexity index is 200. The summed E-state index contributed by atoms with van der Waals surface area (Å²) in [6.45, 7) is 2.08. The maximum Gasteiger partial charge on any atom is 0.320 e. The predicted molar refractivity (Wildman–Crippen MR) is 43.4 cm³/mol. The molecule has 0 aromatic heterocycles. The summed E-state index contributed by atoms with van der Waals surface area (Å²) in [5.41, 5.74) is 13.2. The number of carboxylic acids is 1. The maximum absolute atomic E-state index is 10.3. The van der Waals surface area contributed by atoms with Crippen LogP contribution in [0.25, 0.3) is 10.4 Å². The van der Waals surface area contributed by atoms with Gasteiger partial charge in [-0.3, -0.25) is 4.79 Å². The molecule has 3 N–H and O–H groups in total. The Hall–Kier alpha value is -1.26. The van der Waals surface area contributed by atoms with E-state index >= 15 is 0 Å². The topological polar surface area (TPSA) is 112 Å². The minimum atomic E-state index is -1.03. The van der Waals surface area contributed by atoms with Crippen LogP contribution in [0.15, 0.2) is 5.11 Å². The van der Waals surface area contributed by atoms with E-state index in [1.54, 1.807) is 6.92 Å². The van der Waals surface area contributed by atoms with Crippen molar-refractivity contribution in [2.75, 3.05) is 6.54 Å². The quantitative estimate of drug-likeness (QED) is 0.362. The first-order valence-corrected chi connectivity index (χ1v) is 3.57. The summed E-state index contributed by atoms with van der Waals surface area (Å²) in [5.74, 6) is -1.02. The normalized spacial score (nSPS) is 14.5. The van der Waals surface area contributed by atoms with Crippen LogP contribution < -0.4 is 5.73 Å². The van der Waals surface area contributed by atoms with E-state index in [1.165, 1.54) is 0 Å². The van der Waals surface area contributed by atoms with Crippen molar-refractivity contribution in [2.45, 2.75) is 19.4 Å². The Kier molecular flexibility index (Phi) is 4.83.